The van der Waals surface area contributed by atoms with Gasteiger partial charge in [-0.3, -0.25) is 14.5 Å². The number of rotatable bonds is 6. The number of piperidine rings is 1. The Kier molecular flexibility index (Phi) is 9.52. The highest BCUT2D eigenvalue weighted by Gasteiger charge is 2.43. The number of carbonyl (C=O) groups excluding carboxylic acids is 2. The maximum absolute atomic E-state index is 15.0. The Labute approximate surface area is 256 Å². The van der Waals surface area contributed by atoms with Gasteiger partial charge in [0.2, 0.25) is 5.91 Å². The van der Waals surface area contributed by atoms with Crippen molar-refractivity contribution in [3.8, 4) is 0 Å². The molecule has 0 bridgehead atoms. The second kappa shape index (κ2) is 13.1. The number of carbonyl (C=O) groups is 2. The molecule has 1 aliphatic carbocycles. The fraction of sp³-hybridized carbons (Fsp3) is 0.500. The van der Waals surface area contributed by atoms with E-state index in [9.17, 15) is 9.59 Å². The molecule has 0 saturated carbocycles. The molecule has 4 atom stereocenters. The molecule has 230 valence electrons. The van der Waals surface area contributed by atoms with Crippen LogP contribution in [-0.2, 0) is 14.9 Å². The van der Waals surface area contributed by atoms with Crippen LogP contribution in [0.2, 0.25) is 0 Å². The monoisotopic (exact) mass is 587 g/mol. The lowest BCUT2D eigenvalue weighted by molar-refractivity contribution is -0.123. The predicted molar refractivity (Wildman–Crippen MR) is 170 cm³/mol. The van der Waals surface area contributed by atoms with Crippen LogP contribution >= 0.6 is 0 Å². The molecule has 3 aliphatic rings. The Bertz CT molecular complexity index is 1370. The van der Waals surface area contributed by atoms with E-state index in [4.69, 9.17) is 4.74 Å². The van der Waals surface area contributed by atoms with Crippen LogP contribution in [-0.4, -0.2) is 66.5 Å². The maximum Gasteiger partial charge on any atom is 0.257 e. The van der Waals surface area contributed by atoms with E-state index in [0.29, 0.717) is 31.0 Å². The average molecular weight is 588 g/mol. The SMILES string of the molecule is Cc1cccc(F)c1C(=O)N1CCCC(C(=O)Nc2cccc(C(C)(C)C)c2)[C@@H]1C1C=CC(CN2CCOC[C@@H]2C)=CC1. The minimum absolute atomic E-state index is 0.0507. The zero-order valence-corrected chi connectivity index (χ0v) is 26.2. The number of hydrogen-bond donors (Lipinski definition) is 1. The molecular weight excluding hydrogens is 541 g/mol. The second-order valence-corrected chi connectivity index (χ2v) is 13.4. The first kappa shape index (κ1) is 31.1. The minimum Gasteiger partial charge on any atom is -0.379 e. The normalized spacial score (nSPS) is 24.9. The number of amides is 2. The third-order valence-corrected chi connectivity index (χ3v) is 9.26. The summed E-state index contributed by atoms with van der Waals surface area (Å²) in [7, 11) is 0. The number of benzene rings is 2. The van der Waals surface area contributed by atoms with E-state index in [1.165, 1.54) is 11.6 Å². The number of nitrogens with zero attached hydrogens (tertiary/aromatic N) is 2. The Balaban J connectivity index is 1.42. The molecule has 0 radical (unpaired) electrons. The van der Waals surface area contributed by atoms with Gasteiger partial charge in [0.15, 0.2) is 0 Å². The number of nitrogens with one attached hydrogen (secondary N) is 1. The lowest BCUT2D eigenvalue weighted by Gasteiger charge is -2.44. The summed E-state index contributed by atoms with van der Waals surface area (Å²) in [5.41, 5.74) is 3.79. The second-order valence-electron chi connectivity index (χ2n) is 13.4. The quantitative estimate of drug-likeness (QED) is 0.418. The highest BCUT2D eigenvalue weighted by Crippen LogP contribution is 2.36. The molecule has 2 heterocycles. The molecule has 0 aromatic heterocycles. The molecule has 2 aromatic rings. The standard InChI is InChI=1S/C36H46FN3O3/c1-24-9-6-13-31(37)32(24)35(42)40-18-8-12-30(34(41)38-29-11-7-10-28(21-29)36(3,4)5)33(40)27-16-14-26(15-17-27)22-39-19-20-43-23-25(39)2/h6-7,9-11,13-16,21,25,27,30,33H,8,12,17-20,22-23H2,1-5H3,(H,38,41)/t25-,27?,30?,33-/m0/s1. The van der Waals surface area contributed by atoms with E-state index < -0.39 is 11.7 Å². The smallest absolute Gasteiger partial charge is 0.257 e. The summed E-state index contributed by atoms with van der Waals surface area (Å²) in [6.07, 6.45) is 8.65. The Morgan fingerprint density at radius 1 is 1.12 bits per heavy atom. The van der Waals surface area contributed by atoms with Gasteiger partial charge in [0, 0.05) is 37.3 Å². The van der Waals surface area contributed by atoms with Gasteiger partial charge in [-0.25, -0.2) is 4.39 Å². The number of halogens is 1. The van der Waals surface area contributed by atoms with Crippen LogP contribution in [0.1, 0.15) is 68.4 Å². The number of allylic oxidation sites excluding steroid dienone is 1. The molecule has 2 fully saturated rings. The van der Waals surface area contributed by atoms with Crippen molar-refractivity contribution in [2.45, 2.75) is 71.4 Å². The van der Waals surface area contributed by atoms with Gasteiger partial charge >= 0.3 is 0 Å². The van der Waals surface area contributed by atoms with Crippen molar-refractivity contribution in [2.75, 3.05) is 38.2 Å². The van der Waals surface area contributed by atoms with Crippen LogP contribution in [0.5, 0.6) is 0 Å². The first-order valence-corrected chi connectivity index (χ1v) is 15.7. The summed E-state index contributed by atoms with van der Waals surface area (Å²) in [6.45, 7) is 14.1. The summed E-state index contributed by atoms with van der Waals surface area (Å²) in [5, 5.41) is 3.17. The van der Waals surface area contributed by atoms with Gasteiger partial charge in [-0.2, -0.15) is 0 Å². The summed E-state index contributed by atoms with van der Waals surface area (Å²) in [4.78, 5) is 32.2. The van der Waals surface area contributed by atoms with Gasteiger partial charge in [-0.1, -0.05) is 63.3 Å². The zero-order chi connectivity index (χ0) is 30.7. The van der Waals surface area contributed by atoms with Crippen LogP contribution in [0.25, 0.3) is 0 Å². The van der Waals surface area contributed by atoms with E-state index >= 15 is 4.39 Å². The molecule has 1 N–H and O–H groups in total. The molecule has 2 unspecified atom stereocenters. The summed E-state index contributed by atoms with van der Waals surface area (Å²) in [6, 6.07) is 12.7. The molecule has 2 amide bonds. The lowest BCUT2D eigenvalue weighted by Crippen LogP contribution is -2.55. The lowest BCUT2D eigenvalue weighted by atomic mass is 9.77. The Hall–Kier alpha value is -3.29. The number of morpholine rings is 1. The largest absolute Gasteiger partial charge is 0.379 e. The first-order chi connectivity index (χ1) is 20.5. The Morgan fingerprint density at radius 2 is 1.91 bits per heavy atom. The molecule has 0 spiro atoms. The topological polar surface area (TPSA) is 61.9 Å². The van der Waals surface area contributed by atoms with Crippen molar-refractivity contribution in [1.29, 1.82) is 0 Å². The Morgan fingerprint density at radius 3 is 2.60 bits per heavy atom. The van der Waals surface area contributed by atoms with E-state index in [2.05, 4.69) is 62.2 Å². The van der Waals surface area contributed by atoms with E-state index in [0.717, 1.165) is 44.0 Å². The van der Waals surface area contributed by atoms with Crippen molar-refractivity contribution in [3.05, 3.63) is 88.8 Å². The number of hydrogen-bond acceptors (Lipinski definition) is 4. The zero-order valence-electron chi connectivity index (χ0n) is 26.2. The fourth-order valence-corrected chi connectivity index (χ4v) is 6.70. The molecular formula is C36H46FN3O3. The van der Waals surface area contributed by atoms with Crippen LogP contribution in [0.4, 0.5) is 10.1 Å². The molecule has 6 nitrogen and oxygen atoms in total. The summed E-state index contributed by atoms with van der Waals surface area (Å²) in [5.74, 6) is -1.43. The number of aryl methyl sites for hydroxylation is 1. The summed E-state index contributed by atoms with van der Waals surface area (Å²) >= 11 is 0. The molecule has 2 saturated heterocycles. The average Bonchev–Trinajstić information content (AvgIpc) is 2.98. The van der Waals surface area contributed by atoms with E-state index in [1.54, 1.807) is 24.0 Å². The van der Waals surface area contributed by atoms with Gasteiger partial charge in [0.05, 0.1) is 30.7 Å². The van der Waals surface area contributed by atoms with Crippen molar-refractivity contribution in [1.82, 2.24) is 9.80 Å². The fourth-order valence-electron chi connectivity index (χ4n) is 6.70. The highest BCUT2D eigenvalue weighted by atomic mass is 19.1. The predicted octanol–water partition coefficient (Wildman–Crippen LogP) is 6.51. The molecule has 7 heteroatoms. The molecule has 2 aromatic carbocycles. The van der Waals surface area contributed by atoms with Gasteiger partial charge in [-0.05, 0) is 73.4 Å². The van der Waals surface area contributed by atoms with Crippen molar-refractivity contribution in [3.63, 3.8) is 0 Å². The molecule has 2 aliphatic heterocycles. The third kappa shape index (κ3) is 7.10. The van der Waals surface area contributed by atoms with Gasteiger partial charge in [0.25, 0.3) is 5.91 Å². The van der Waals surface area contributed by atoms with Gasteiger partial charge < -0.3 is 15.0 Å². The van der Waals surface area contributed by atoms with E-state index in [1.807, 2.05) is 18.2 Å². The van der Waals surface area contributed by atoms with Crippen LogP contribution in [0.3, 0.4) is 0 Å². The molecule has 43 heavy (non-hydrogen) atoms. The van der Waals surface area contributed by atoms with Crippen molar-refractivity contribution in [2.24, 2.45) is 11.8 Å². The maximum atomic E-state index is 15.0. The van der Waals surface area contributed by atoms with Crippen LogP contribution < -0.4 is 5.32 Å². The number of likely N-dealkylation sites (tertiary alicyclic amines) is 1. The van der Waals surface area contributed by atoms with Crippen LogP contribution in [0, 0.1) is 24.6 Å². The highest BCUT2D eigenvalue weighted by molar-refractivity contribution is 5.98. The number of anilines is 1. The van der Waals surface area contributed by atoms with Crippen LogP contribution in [0.15, 0.2) is 66.3 Å². The third-order valence-electron chi connectivity index (χ3n) is 9.26. The first-order valence-electron chi connectivity index (χ1n) is 15.7. The number of ether oxygens (including phenoxy) is 1. The van der Waals surface area contributed by atoms with Gasteiger partial charge in [0.1, 0.15) is 5.82 Å². The van der Waals surface area contributed by atoms with E-state index in [-0.39, 0.29) is 34.8 Å². The van der Waals surface area contributed by atoms with Crippen molar-refractivity contribution >= 4 is 17.5 Å². The molecule has 5 rings (SSSR count). The van der Waals surface area contributed by atoms with Crippen molar-refractivity contribution < 1.29 is 18.7 Å². The van der Waals surface area contributed by atoms with Gasteiger partial charge in [-0.15, -0.1) is 0 Å². The summed E-state index contributed by atoms with van der Waals surface area (Å²) < 4.78 is 20.6. The minimum atomic E-state index is -0.518.